The molecule has 2 aromatic carbocycles. The van der Waals surface area contributed by atoms with Gasteiger partial charge in [-0.05, 0) is 53.7 Å². The number of rotatable bonds is 9. The van der Waals surface area contributed by atoms with Crippen molar-refractivity contribution in [1.29, 1.82) is 0 Å². The average molecular weight is 485 g/mol. The minimum atomic E-state index is -0.574. The lowest BCUT2D eigenvalue weighted by Crippen LogP contribution is -2.33. The number of halogens is 1. The van der Waals surface area contributed by atoms with Crippen molar-refractivity contribution >= 4 is 29.2 Å². The van der Waals surface area contributed by atoms with Crippen LogP contribution in [-0.2, 0) is 16.0 Å². The number of cyclic esters (lactones) is 1. The fourth-order valence-electron chi connectivity index (χ4n) is 3.92. The second-order valence-electron chi connectivity index (χ2n) is 8.15. The summed E-state index contributed by atoms with van der Waals surface area (Å²) in [5.41, 5.74) is 3.37. The van der Waals surface area contributed by atoms with Crippen molar-refractivity contribution in [2.45, 2.75) is 31.8 Å². The number of aryl methyl sites for hydroxylation is 1. The first kappa shape index (κ1) is 23.8. The van der Waals surface area contributed by atoms with Gasteiger partial charge in [0.15, 0.2) is 0 Å². The Morgan fingerprint density at radius 1 is 1.32 bits per heavy atom. The zero-order valence-corrected chi connectivity index (χ0v) is 19.4. The maximum absolute atomic E-state index is 15.0. The van der Waals surface area contributed by atoms with Crippen LogP contribution in [0, 0.1) is 5.82 Å². The second-order valence-corrected chi connectivity index (χ2v) is 8.76. The van der Waals surface area contributed by atoms with Crippen LogP contribution >= 0.6 is 11.5 Å². The maximum atomic E-state index is 15.0. The Bertz CT molecular complexity index is 1140. The van der Waals surface area contributed by atoms with Crippen molar-refractivity contribution in [2.75, 3.05) is 24.6 Å². The van der Waals surface area contributed by atoms with Crippen LogP contribution in [0.15, 0.2) is 47.8 Å². The van der Waals surface area contributed by atoms with Crippen molar-refractivity contribution in [1.82, 2.24) is 14.9 Å². The second kappa shape index (κ2) is 10.7. The van der Waals surface area contributed by atoms with Gasteiger partial charge in [0.25, 0.3) is 0 Å². The van der Waals surface area contributed by atoms with Crippen LogP contribution in [0.2, 0.25) is 0 Å². The Morgan fingerprint density at radius 2 is 2.12 bits per heavy atom. The highest BCUT2D eigenvalue weighted by molar-refractivity contribution is 7.03. The Balaban J connectivity index is 1.43. The van der Waals surface area contributed by atoms with Gasteiger partial charge in [0, 0.05) is 30.4 Å². The van der Waals surface area contributed by atoms with Crippen LogP contribution in [0.4, 0.5) is 14.9 Å². The van der Waals surface area contributed by atoms with E-state index in [2.05, 4.69) is 14.9 Å². The van der Waals surface area contributed by atoms with Crippen LogP contribution in [-0.4, -0.2) is 52.5 Å². The standard InChI is InChI=1S/C24H25FN4O4S/c1-15(31)26-11-21-12-29(24(32)33-21)20-8-9-22(23(25)10-20)17-4-2-16(3-5-17)18(13-30)6-7-19-14-34-28-27-19/h2-5,8-10,14,18,21,30H,6-7,11-13H2,1H3,(H,26,31)/t18?,21-/m0/s1. The van der Waals surface area contributed by atoms with E-state index in [-0.39, 0.29) is 31.5 Å². The van der Waals surface area contributed by atoms with Gasteiger partial charge in [-0.15, -0.1) is 5.10 Å². The van der Waals surface area contributed by atoms with Gasteiger partial charge in [0.2, 0.25) is 5.91 Å². The van der Waals surface area contributed by atoms with Crippen molar-refractivity contribution in [3.63, 3.8) is 0 Å². The number of hydrogen-bond donors (Lipinski definition) is 2. The zero-order valence-electron chi connectivity index (χ0n) is 18.6. The molecule has 2 atom stereocenters. The van der Waals surface area contributed by atoms with Crippen molar-refractivity contribution in [3.05, 3.63) is 64.9 Å². The number of hydrogen-bond acceptors (Lipinski definition) is 7. The van der Waals surface area contributed by atoms with E-state index in [9.17, 15) is 19.1 Å². The van der Waals surface area contributed by atoms with Crippen molar-refractivity contribution < 1.29 is 23.8 Å². The molecule has 8 nitrogen and oxygen atoms in total. The highest BCUT2D eigenvalue weighted by Crippen LogP contribution is 2.30. The summed E-state index contributed by atoms with van der Waals surface area (Å²) in [5.74, 6) is -0.717. The minimum Gasteiger partial charge on any atom is -0.442 e. The Labute approximate surface area is 200 Å². The molecule has 1 saturated heterocycles. The summed E-state index contributed by atoms with van der Waals surface area (Å²) in [4.78, 5) is 24.6. The van der Waals surface area contributed by atoms with Crippen LogP contribution < -0.4 is 10.2 Å². The fraction of sp³-hybridized carbons (Fsp3) is 0.333. The number of carbonyl (C=O) groups is 2. The average Bonchev–Trinajstić information content (AvgIpc) is 3.48. The van der Waals surface area contributed by atoms with Crippen LogP contribution in [0.25, 0.3) is 11.1 Å². The van der Waals surface area contributed by atoms with Gasteiger partial charge < -0.3 is 15.2 Å². The van der Waals surface area contributed by atoms with E-state index in [1.165, 1.54) is 29.4 Å². The van der Waals surface area contributed by atoms with E-state index in [1.807, 2.05) is 29.6 Å². The molecule has 2 heterocycles. The molecule has 4 rings (SSSR count). The number of benzene rings is 2. The van der Waals surface area contributed by atoms with Gasteiger partial charge in [-0.3, -0.25) is 9.69 Å². The number of amides is 2. The van der Waals surface area contributed by atoms with Crippen LogP contribution in [0.1, 0.15) is 30.5 Å². The SMILES string of the molecule is CC(=O)NC[C@H]1CN(c2ccc(-c3ccc(C(CO)CCc4csnn4)cc3)c(F)c2)C(=O)O1. The molecule has 0 bridgehead atoms. The van der Waals surface area contributed by atoms with Gasteiger partial charge in [-0.1, -0.05) is 28.8 Å². The smallest absolute Gasteiger partial charge is 0.414 e. The summed E-state index contributed by atoms with van der Waals surface area (Å²) in [5, 5.41) is 18.4. The molecule has 1 fully saturated rings. The van der Waals surface area contributed by atoms with E-state index in [4.69, 9.17) is 4.74 Å². The summed E-state index contributed by atoms with van der Waals surface area (Å²) >= 11 is 1.30. The Kier molecular flexibility index (Phi) is 7.49. The van der Waals surface area contributed by atoms with Gasteiger partial charge in [0.1, 0.15) is 11.9 Å². The molecule has 1 aliphatic heterocycles. The van der Waals surface area contributed by atoms with Gasteiger partial charge in [-0.2, -0.15) is 0 Å². The summed E-state index contributed by atoms with van der Waals surface area (Å²) in [6.45, 7) is 1.83. The minimum absolute atomic E-state index is 0.00877. The third-order valence-electron chi connectivity index (χ3n) is 5.78. The molecule has 1 aliphatic rings. The summed E-state index contributed by atoms with van der Waals surface area (Å²) < 4.78 is 24.1. The summed E-state index contributed by atoms with van der Waals surface area (Å²) in [6, 6.07) is 12.1. The van der Waals surface area contributed by atoms with E-state index in [1.54, 1.807) is 12.1 Å². The zero-order chi connectivity index (χ0) is 24.1. The normalized spacial score (nSPS) is 16.4. The first-order valence-electron chi connectivity index (χ1n) is 10.9. The summed E-state index contributed by atoms with van der Waals surface area (Å²) in [7, 11) is 0. The Hall–Kier alpha value is -3.37. The van der Waals surface area contributed by atoms with Crippen LogP contribution in [0.3, 0.4) is 0 Å². The monoisotopic (exact) mass is 484 g/mol. The lowest BCUT2D eigenvalue weighted by atomic mass is 9.92. The fourth-order valence-corrected chi connectivity index (χ4v) is 4.40. The molecule has 178 valence electrons. The topological polar surface area (TPSA) is 105 Å². The number of aliphatic hydroxyl groups excluding tert-OH is 1. The molecule has 3 aromatic rings. The lowest BCUT2D eigenvalue weighted by Gasteiger charge is -2.16. The molecule has 2 N–H and O–H groups in total. The summed E-state index contributed by atoms with van der Waals surface area (Å²) in [6.07, 6.45) is 0.400. The van der Waals surface area contributed by atoms with E-state index in [0.717, 1.165) is 24.1 Å². The third kappa shape index (κ3) is 5.57. The number of carbonyl (C=O) groups excluding carboxylic acids is 2. The predicted molar refractivity (Wildman–Crippen MR) is 126 cm³/mol. The van der Waals surface area contributed by atoms with Crippen molar-refractivity contribution in [2.24, 2.45) is 0 Å². The van der Waals surface area contributed by atoms with Gasteiger partial charge in [-0.25, -0.2) is 9.18 Å². The van der Waals surface area contributed by atoms with E-state index >= 15 is 0 Å². The largest absolute Gasteiger partial charge is 0.442 e. The molecule has 2 amide bonds. The molecular weight excluding hydrogens is 459 g/mol. The molecule has 34 heavy (non-hydrogen) atoms. The van der Waals surface area contributed by atoms with Crippen LogP contribution in [0.5, 0.6) is 0 Å². The van der Waals surface area contributed by atoms with Crippen molar-refractivity contribution in [3.8, 4) is 11.1 Å². The molecule has 0 saturated carbocycles. The molecular formula is C24H25FN4O4S. The van der Waals surface area contributed by atoms with Gasteiger partial charge >= 0.3 is 6.09 Å². The first-order valence-corrected chi connectivity index (χ1v) is 11.8. The number of aromatic nitrogens is 2. The number of ether oxygens (including phenoxy) is 1. The third-order valence-corrected chi connectivity index (χ3v) is 6.34. The number of nitrogens with one attached hydrogen (secondary N) is 1. The molecule has 0 spiro atoms. The quantitative estimate of drug-likeness (QED) is 0.482. The maximum Gasteiger partial charge on any atom is 0.414 e. The Morgan fingerprint density at radius 3 is 2.76 bits per heavy atom. The molecule has 0 aliphatic carbocycles. The molecule has 1 aromatic heterocycles. The number of anilines is 1. The highest BCUT2D eigenvalue weighted by atomic mass is 32.1. The van der Waals surface area contributed by atoms with E-state index < -0.39 is 18.0 Å². The highest BCUT2D eigenvalue weighted by Gasteiger charge is 2.32. The van der Waals surface area contributed by atoms with E-state index in [0.29, 0.717) is 16.8 Å². The molecule has 1 unspecified atom stereocenters. The number of aliphatic hydroxyl groups is 1. The number of nitrogens with zero attached hydrogens (tertiary/aromatic N) is 3. The lowest BCUT2D eigenvalue weighted by molar-refractivity contribution is -0.119. The molecule has 0 radical (unpaired) electrons. The first-order chi connectivity index (χ1) is 16.4. The van der Waals surface area contributed by atoms with Gasteiger partial charge in [0.05, 0.1) is 24.5 Å². The predicted octanol–water partition coefficient (Wildman–Crippen LogP) is 3.51. The molecule has 10 heteroatoms.